The van der Waals surface area contributed by atoms with Crippen LogP contribution in [-0.2, 0) is 9.53 Å². The molecule has 11 heavy (non-hydrogen) atoms. The van der Waals surface area contributed by atoms with Crippen LogP contribution < -0.4 is 0 Å². The van der Waals surface area contributed by atoms with E-state index in [1.54, 1.807) is 0 Å². The number of fused-ring (bicyclic) bond motifs is 1. The Labute approximate surface area is 65.4 Å². The van der Waals surface area contributed by atoms with E-state index in [-0.39, 0.29) is 29.8 Å². The van der Waals surface area contributed by atoms with Crippen LogP contribution in [0, 0.1) is 17.8 Å². The minimum Gasteiger partial charge on any atom is -0.465 e. The molecule has 0 bridgehead atoms. The van der Waals surface area contributed by atoms with Gasteiger partial charge >= 0.3 is 5.97 Å². The van der Waals surface area contributed by atoms with Gasteiger partial charge in [0.25, 0.3) is 0 Å². The summed E-state index contributed by atoms with van der Waals surface area (Å²) in [6.45, 7) is 2.50. The number of carbonyl (C=O) groups is 1. The maximum absolute atomic E-state index is 11.0. The first-order valence-electron chi connectivity index (χ1n) is 4.05. The van der Waals surface area contributed by atoms with Gasteiger partial charge in [-0.05, 0) is 12.3 Å². The van der Waals surface area contributed by atoms with E-state index >= 15 is 0 Å². The lowest BCUT2D eigenvalue weighted by Gasteiger charge is -2.12. The number of carbonyl (C=O) groups excluding carboxylic acids is 1. The molecule has 2 fully saturated rings. The van der Waals surface area contributed by atoms with Gasteiger partial charge in [0, 0.05) is 5.92 Å². The van der Waals surface area contributed by atoms with Crippen molar-refractivity contribution in [3.05, 3.63) is 0 Å². The first-order valence-corrected chi connectivity index (χ1v) is 4.05. The zero-order chi connectivity index (χ0) is 8.01. The van der Waals surface area contributed by atoms with Crippen molar-refractivity contribution in [3.8, 4) is 0 Å². The molecule has 0 radical (unpaired) electrons. The quantitative estimate of drug-likeness (QED) is 0.509. The van der Waals surface area contributed by atoms with Gasteiger partial charge in [0.2, 0.25) is 0 Å². The molecule has 1 heterocycles. The number of aliphatic hydroxyl groups excluding tert-OH is 1. The maximum atomic E-state index is 11.0. The second kappa shape index (κ2) is 2.21. The van der Waals surface area contributed by atoms with Gasteiger partial charge in [0.1, 0.15) is 0 Å². The van der Waals surface area contributed by atoms with Gasteiger partial charge in [-0.15, -0.1) is 0 Å². The minimum atomic E-state index is -0.294. The van der Waals surface area contributed by atoms with Crippen LogP contribution in [0.1, 0.15) is 13.3 Å². The van der Waals surface area contributed by atoms with Crippen LogP contribution in [0.3, 0.4) is 0 Å². The number of hydrogen-bond donors (Lipinski definition) is 1. The van der Waals surface area contributed by atoms with Crippen LogP contribution in [0.5, 0.6) is 0 Å². The summed E-state index contributed by atoms with van der Waals surface area (Å²) in [5.41, 5.74) is 0. The van der Waals surface area contributed by atoms with E-state index in [1.165, 1.54) is 0 Å². The lowest BCUT2D eigenvalue weighted by atomic mass is 9.93. The van der Waals surface area contributed by atoms with E-state index in [2.05, 4.69) is 0 Å². The van der Waals surface area contributed by atoms with Crippen molar-refractivity contribution in [2.24, 2.45) is 17.8 Å². The SMILES string of the molecule is CC1C(O)CC2C(=O)OCC21. The smallest absolute Gasteiger partial charge is 0.309 e. The average Bonchev–Trinajstić information content (AvgIpc) is 2.43. The highest BCUT2D eigenvalue weighted by molar-refractivity contribution is 5.75. The predicted octanol–water partition coefficient (Wildman–Crippen LogP) is 0.176. The fraction of sp³-hybridized carbons (Fsp3) is 0.875. The summed E-state index contributed by atoms with van der Waals surface area (Å²) in [5, 5.41) is 9.41. The van der Waals surface area contributed by atoms with Gasteiger partial charge in [-0.1, -0.05) is 6.92 Å². The van der Waals surface area contributed by atoms with Crippen molar-refractivity contribution < 1.29 is 14.6 Å². The van der Waals surface area contributed by atoms with E-state index in [1.807, 2.05) is 6.92 Å². The molecule has 2 rings (SSSR count). The summed E-state index contributed by atoms with van der Waals surface area (Å²) in [7, 11) is 0. The van der Waals surface area contributed by atoms with Crippen LogP contribution in [0.25, 0.3) is 0 Å². The zero-order valence-electron chi connectivity index (χ0n) is 6.49. The standard InChI is InChI=1S/C8H12O3/c1-4-6-3-11-8(10)5(6)2-7(4)9/h4-7,9H,2-3H2,1H3. The second-order valence-corrected chi connectivity index (χ2v) is 3.56. The molecule has 1 saturated carbocycles. The van der Waals surface area contributed by atoms with E-state index in [0.717, 1.165) is 0 Å². The van der Waals surface area contributed by atoms with Crippen molar-refractivity contribution >= 4 is 5.97 Å². The van der Waals surface area contributed by atoms with Gasteiger partial charge < -0.3 is 9.84 Å². The van der Waals surface area contributed by atoms with Crippen LogP contribution in [0.4, 0.5) is 0 Å². The van der Waals surface area contributed by atoms with Gasteiger partial charge in [0.15, 0.2) is 0 Å². The van der Waals surface area contributed by atoms with Crippen molar-refractivity contribution in [3.63, 3.8) is 0 Å². The van der Waals surface area contributed by atoms with Crippen molar-refractivity contribution in [1.29, 1.82) is 0 Å². The number of rotatable bonds is 0. The summed E-state index contributed by atoms with van der Waals surface area (Å²) in [6.07, 6.45) is 0.308. The highest BCUT2D eigenvalue weighted by atomic mass is 16.5. The summed E-state index contributed by atoms with van der Waals surface area (Å²) >= 11 is 0. The molecular weight excluding hydrogens is 144 g/mol. The number of esters is 1. The van der Waals surface area contributed by atoms with E-state index < -0.39 is 0 Å². The lowest BCUT2D eigenvalue weighted by Crippen LogP contribution is -2.17. The van der Waals surface area contributed by atoms with Crippen LogP contribution in [-0.4, -0.2) is 23.8 Å². The fourth-order valence-corrected chi connectivity index (χ4v) is 2.13. The highest BCUT2D eigenvalue weighted by Crippen LogP contribution is 2.41. The Kier molecular flexibility index (Phi) is 1.42. The number of aliphatic hydroxyl groups is 1. The van der Waals surface area contributed by atoms with Gasteiger partial charge in [-0.2, -0.15) is 0 Å². The number of ether oxygens (including phenoxy) is 1. The van der Waals surface area contributed by atoms with E-state index in [4.69, 9.17) is 4.74 Å². The summed E-state index contributed by atoms with van der Waals surface area (Å²) < 4.78 is 4.89. The van der Waals surface area contributed by atoms with E-state index in [9.17, 15) is 9.90 Å². The Morgan fingerprint density at radius 3 is 3.00 bits per heavy atom. The summed E-state index contributed by atoms with van der Waals surface area (Å²) in [5.74, 6) is 0.377. The minimum absolute atomic E-state index is 0.0139. The Balaban J connectivity index is 2.18. The molecule has 0 aromatic carbocycles. The molecule has 0 amide bonds. The zero-order valence-corrected chi connectivity index (χ0v) is 6.49. The molecular formula is C8H12O3. The Morgan fingerprint density at radius 1 is 1.64 bits per heavy atom. The third kappa shape index (κ3) is 0.872. The molecule has 0 aromatic rings. The monoisotopic (exact) mass is 156 g/mol. The maximum Gasteiger partial charge on any atom is 0.309 e. The normalized spacial score (nSPS) is 49.1. The molecule has 3 nitrogen and oxygen atoms in total. The van der Waals surface area contributed by atoms with Crippen molar-refractivity contribution in [2.75, 3.05) is 6.61 Å². The number of hydrogen-bond acceptors (Lipinski definition) is 3. The second-order valence-electron chi connectivity index (χ2n) is 3.56. The third-order valence-electron chi connectivity index (χ3n) is 3.02. The van der Waals surface area contributed by atoms with E-state index in [0.29, 0.717) is 13.0 Å². The molecule has 1 aliphatic heterocycles. The lowest BCUT2D eigenvalue weighted by molar-refractivity contribution is -0.141. The van der Waals surface area contributed by atoms with Gasteiger partial charge in [-0.3, -0.25) is 4.79 Å². The van der Waals surface area contributed by atoms with Crippen LogP contribution in [0.2, 0.25) is 0 Å². The molecule has 1 N–H and O–H groups in total. The molecule has 62 valence electrons. The Morgan fingerprint density at radius 2 is 2.36 bits per heavy atom. The fourth-order valence-electron chi connectivity index (χ4n) is 2.13. The Bertz CT molecular complexity index is 190. The first-order chi connectivity index (χ1) is 5.20. The summed E-state index contributed by atoms with van der Waals surface area (Å²) in [6, 6.07) is 0. The van der Waals surface area contributed by atoms with Crippen molar-refractivity contribution in [1.82, 2.24) is 0 Å². The third-order valence-corrected chi connectivity index (χ3v) is 3.02. The molecule has 3 heteroatoms. The average molecular weight is 156 g/mol. The molecule has 2 aliphatic rings. The topological polar surface area (TPSA) is 46.5 Å². The first kappa shape index (κ1) is 7.10. The van der Waals surface area contributed by atoms with Crippen molar-refractivity contribution in [2.45, 2.75) is 19.4 Å². The Hall–Kier alpha value is -0.570. The number of cyclic esters (lactones) is 1. The molecule has 0 aromatic heterocycles. The molecule has 1 saturated heterocycles. The molecule has 0 spiro atoms. The van der Waals surface area contributed by atoms with Gasteiger partial charge in [-0.25, -0.2) is 0 Å². The largest absolute Gasteiger partial charge is 0.465 e. The van der Waals surface area contributed by atoms with Crippen LogP contribution >= 0.6 is 0 Å². The van der Waals surface area contributed by atoms with Gasteiger partial charge in [0.05, 0.1) is 18.6 Å². The predicted molar refractivity (Wildman–Crippen MR) is 37.7 cm³/mol. The molecule has 4 unspecified atom stereocenters. The molecule has 1 aliphatic carbocycles. The highest BCUT2D eigenvalue weighted by Gasteiger charge is 2.48. The molecule has 4 atom stereocenters. The summed E-state index contributed by atoms with van der Waals surface area (Å²) in [4.78, 5) is 11.0. The van der Waals surface area contributed by atoms with Crippen LogP contribution in [0.15, 0.2) is 0 Å².